The zero-order valence-corrected chi connectivity index (χ0v) is 16.2. The quantitative estimate of drug-likeness (QED) is 0.683. The van der Waals surface area contributed by atoms with E-state index in [0.717, 1.165) is 24.8 Å². The van der Waals surface area contributed by atoms with Crippen molar-refractivity contribution in [2.75, 3.05) is 6.54 Å². The molecule has 1 aliphatic rings. The van der Waals surface area contributed by atoms with Crippen molar-refractivity contribution in [3.63, 3.8) is 0 Å². The highest BCUT2D eigenvalue weighted by Gasteiger charge is 2.21. The second kappa shape index (κ2) is 10.5. The normalized spacial score (nSPS) is 14.6. The minimum absolute atomic E-state index is 0.135. The molecule has 4 heteroatoms. The second-order valence-corrected chi connectivity index (χ2v) is 7.23. The highest BCUT2D eigenvalue weighted by molar-refractivity contribution is 5.97. The molecule has 2 N–H and O–H groups in total. The summed E-state index contributed by atoms with van der Waals surface area (Å²) < 4.78 is 0. The van der Waals surface area contributed by atoms with Crippen LogP contribution in [0.4, 0.5) is 0 Å². The van der Waals surface area contributed by atoms with Crippen LogP contribution >= 0.6 is 0 Å². The number of nitrogens with one attached hydrogen (secondary N) is 2. The fourth-order valence-electron chi connectivity index (χ4n) is 3.49. The summed E-state index contributed by atoms with van der Waals surface area (Å²) in [5.41, 5.74) is 3.01. The SMILES string of the molecule is O=C(N[C@H](Cc1ccccc1)C(=O)NCCC1=CCCCC1)c1ccccc1. The van der Waals surface area contributed by atoms with Crippen molar-refractivity contribution < 1.29 is 9.59 Å². The predicted molar refractivity (Wildman–Crippen MR) is 112 cm³/mol. The van der Waals surface area contributed by atoms with Crippen LogP contribution in [0.5, 0.6) is 0 Å². The van der Waals surface area contributed by atoms with Crippen LogP contribution in [-0.2, 0) is 11.2 Å². The first kappa shape index (κ1) is 19.9. The molecule has 2 aromatic carbocycles. The first-order chi connectivity index (χ1) is 13.7. The maximum atomic E-state index is 12.8. The molecule has 0 aromatic heterocycles. The molecule has 0 saturated heterocycles. The number of carbonyl (C=O) groups is 2. The molecule has 2 amide bonds. The van der Waals surface area contributed by atoms with Crippen molar-refractivity contribution in [3.8, 4) is 0 Å². The van der Waals surface area contributed by atoms with Crippen molar-refractivity contribution in [1.29, 1.82) is 0 Å². The summed E-state index contributed by atoms with van der Waals surface area (Å²) >= 11 is 0. The lowest BCUT2D eigenvalue weighted by molar-refractivity contribution is -0.122. The summed E-state index contributed by atoms with van der Waals surface area (Å²) in [6.45, 7) is 0.608. The number of benzene rings is 2. The molecule has 3 rings (SSSR count). The summed E-state index contributed by atoms with van der Waals surface area (Å²) in [5, 5.41) is 5.92. The molecule has 0 saturated carbocycles. The Morgan fingerprint density at radius 1 is 0.929 bits per heavy atom. The van der Waals surface area contributed by atoms with Gasteiger partial charge in [0.1, 0.15) is 6.04 Å². The molecule has 1 aliphatic carbocycles. The maximum absolute atomic E-state index is 12.8. The van der Waals surface area contributed by atoms with E-state index in [1.807, 2.05) is 48.5 Å². The molecule has 0 aliphatic heterocycles. The third-order valence-electron chi connectivity index (χ3n) is 5.07. The highest BCUT2D eigenvalue weighted by atomic mass is 16.2. The molecular weight excluding hydrogens is 348 g/mol. The average Bonchev–Trinajstić information content (AvgIpc) is 2.75. The lowest BCUT2D eigenvalue weighted by atomic mass is 9.97. The van der Waals surface area contributed by atoms with Gasteiger partial charge in [0.25, 0.3) is 5.91 Å². The van der Waals surface area contributed by atoms with Crippen LogP contribution in [0.2, 0.25) is 0 Å². The largest absolute Gasteiger partial charge is 0.354 e. The molecule has 0 fully saturated rings. The van der Waals surface area contributed by atoms with Gasteiger partial charge in [-0.3, -0.25) is 9.59 Å². The van der Waals surface area contributed by atoms with E-state index in [1.165, 1.54) is 18.4 Å². The summed E-state index contributed by atoms with van der Waals surface area (Å²) in [6.07, 6.45) is 8.43. The van der Waals surface area contributed by atoms with Gasteiger partial charge in [-0.05, 0) is 49.8 Å². The summed E-state index contributed by atoms with van der Waals surface area (Å²) in [5.74, 6) is -0.365. The van der Waals surface area contributed by atoms with Gasteiger partial charge in [0, 0.05) is 18.5 Å². The van der Waals surface area contributed by atoms with E-state index in [-0.39, 0.29) is 11.8 Å². The maximum Gasteiger partial charge on any atom is 0.251 e. The molecule has 0 spiro atoms. The molecule has 146 valence electrons. The smallest absolute Gasteiger partial charge is 0.251 e. The number of hydrogen-bond donors (Lipinski definition) is 2. The second-order valence-electron chi connectivity index (χ2n) is 7.23. The Morgan fingerprint density at radius 3 is 2.32 bits per heavy atom. The van der Waals surface area contributed by atoms with E-state index in [1.54, 1.807) is 12.1 Å². The number of carbonyl (C=O) groups excluding carboxylic acids is 2. The topological polar surface area (TPSA) is 58.2 Å². The average molecular weight is 377 g/mol. The van der Waals surface area contributed by atoms with Gasteiger partial charge in [0.15, 0.2) is 0 Å². The Balaban J connectivity index is 1.61. The molecule has 4 nitrogen and oxygen atoms in total. The van der Waals surface area contributed by atoms with Gasteiger partial charge in [0.05, 0.1) is 0 Å². The van der Waals surface area contributed by atoms with Crippen LogP contribution in [0.15, 0.2) is 72.3 Å². The fourth-order valence-corrected chi connectivity index (χ4v) is 3.49. The van der Waals surface area contributed by atoms with E-state index in [0.29, 0.717) is 18.5 Å². The number of hydrogen-bond acceptors (Lipinski definition) is 2. The molecule has 0 unspecified atom stereocenters. The van der Waals surface area contributed by atoms with Crippen molar-refractivity contribution in [2.45, 2.75) is 44.6 Å². The van der Waals surface area contributed by atoms with Gasteiger partial charge in [-0.15, -0.1) is 0 Å². The third kappa shape index (κ3) is 6.08. The Bertz CT molecular complexity index is 800. The van der Waals surface area contributed by atoms with E-state index < -0.39 is 6.04 Å². The first-order valence-corrected chi connectivity index (χ1v) is 10.1. The first-order valence-electron chi connectivity index (χ1n) is 10.1. The van der Waals surface area contributed by atoms with Crippen molar-refractivity contribution >= 4 is 11.8 Å². The predicted octanol–water partition coefficient (Wildman–Crippen LogP) is 4.03. The van der Waals surface area contributed by atoms with E-state index in [4.69, 9.17) is 0 Å². The van der Waals surface area contributed by atoms with E-state index >= 15 is 0 Å². The van der Waals surface area contributed by atoms with Crippen LogP contribution < -0.4 is 10.6 Å². The van der Waals surface area contributed by atoms with E-state index in [9.17, 15) is 9.59 Å². The molecular formula is C24H28N2O2. The zero-order valence-electron chi connectivity index (χ0n) is 16.2. The van der Waals surface area contributed by atoms with Crippen LogP contribution in [-0.4, -0.2) is 24.4 Å². The Hall–Kier alpha value is -2.88. The van der Waals surface area contributed by atoms with Crippen molar-refractivity contribution in [2.24, 2.45) is 0 Å². The third-order valence-corrected chi connectivity index (χ3v) is 5.07. The van der Waals surface area contributed by atoms with Gasteiger partial charge in [-0.1, -0.05) is 60.2 Å². The van der Waals surface area contributed by atoms with Crippen molar-refractivity contribution in [1.82, 2.24) is 10.6 Å². The van der Waals surface area contributed by atoms with Gasteiger partial charge < -0.3 is 10.6 Å². The van der Waals surface area contributed by atoms with Gasteiger partial charge in [-0.25, -0.2) is 0 Å². The van der Waals surface area contributed by atoms with Crippen LogP contribution in [0, 0.1) is 0 Å². The molecule has 0 bridgehead atoms. The monoisotopic (exact) mass is 376 g/mol. The van der Waals surface area contributed by atoms with Crippen LogP contribution in [0.3, 0.4) is 0 Å². The Morgan fingerprint density at radius 2 is 1.64 bits per heavy atom. The van der Waals surface area contributed by atoms with Crippen LogP contribution in [0.1, 0.15) is 48.0 Å². The Labute approximate surface area is 167 Å². The summed E-state index contributed by atoms with van der Waals surface area (Å²) in [6, 6.07) is 18.2. The van der Waals surface area contributed by atoms with Gasteiger partial charge in [0.2, 0.25) is 5.91 Å². The van der Waals surface area contributed by atoms with Gasteiger partial charge in [-0.2, -0.15) is 0 Å². The number of allylic oxidation sites excluding steroid dienone is 1. The fraction of sp³-hybridized carbons (Fsp3) is 0.333. The number of amides is 2. The molecule has 2 aromatic rings. The summed E-state index contributed by atoms with van der Waals surface area (Å²) in [7, 11) is 0. The number of rotatable bonds is 8. The van der Waals surface area contributed by atoms with Crippen molar-refractivity contribution in [3.05, 3.63) is 83.4 Å². The molecule has 0 heterocycles. The highest BCUT2D eigenvalue weighted by Crippen LogP contribution is 2.19. The minimum atomic E-state index is -0.601. The summed E-state index contributed by atoms with van der Waals surface area (Å²) in [4.78, 5) is 25.4. The standard InChI is InChI=1S/C24H28N2O2/c27-23(21-14-8-3-9-15-21)26-22(18-20-12-6-2-7-13-20)24(28)25-17-16-19-10-4-1-5-11-19/h2-3,6-10,12-15,22H,1,4-5,11,16-18H2,(H,25,28)(H,26,27)/t22-/m1/s1. The zero-order chi connectivity index (χ0) is 19.6. The lowest BCUT2D eigenvalue weighted by Crippen LogP contribution is -2.48. The molecule has 1 atom stereocenters. The molecule has 28 heavy (non-hydrogen) atoms. The Kier molecular flexibility index (Phi) is 7.42. The van der Waals surface area contributed by atoms with Gasteiger partial charge >= 0.3 is 0 Å². The molecule has 0 radical (unpaired) electrons. The lowest BCUT2D eigenvalue weighted by Gasteiger charge is -2.19. The minimum Gasteiger partial charge on any atom is -0.354 e. The van der Waals surface area contributed by atoms with E-state index in [2.05, 4.69) is 16.7 Å². The van der Waals surface area contributed by atoms with Crippen LogP contribution in [0.25, 0.3) is 0 Å².